The summed E-state index contributed by atoms with van der Waals surface area (Å²) in [5, 5.41) is 0. The van der Waals surface area contributed by atoms with E-state index in [-0.39, 0.29) is 5.56 Å². The van der Waals surface area contributed by atoms with E-state index in [1.54, 1.807) is 12.1 Å². The van der Waals surface area contributed by atoms with E-state index in [0.717, 1.165) is 6.07 Å². The first-order valence-electron chi connectivity index (χ1n) is 5.53. The molecule has 0 amide bonds. The zero-order valence-corrected chi connectivity index (χ0v) is 11.5. The average molecular weight is 349 g/mol. The minimum atomic E-state index is -4.76. The van der Waals surface area contributed by atoms with Crippen LogP contribution in [0.25, 0.3) is 0 Å². The van der Waals surface area contributed by atoms with E-state index in [0.29, 0.717) is 16.2 Å². The van der Waals surface area contributed by atoms with E-state index in [1.165, 1.54) is 12.3 Å². The third kappa shape index (κ3) is 2.99. The molecule has 1 unspecified atom stereocenters. The van der Waals surface area contributed by atoms with Crippen molar-refractivity contribution in [2.45, 2.75) is 12.2 Å². The lowest BCUT2D eigenvalue weighted by Crippen LogP contribution is -2.16. The van der Waals surface area contributed by atoms with Crippen LogP contribution in [0.4, 0.5) is 17.6 Å². The van der Waals surface area contributed by atoms with Gasteiger partial charge in [-0.25, -0.2) is 4.39 Å². The SMILES string of the molecule is NC(c1ccc(F)c(C(F)(F)F)c1)c1ncccc1Br. The van der Waals surface area contributed by atoms with Gasteiger partial charge in [-0.15, -0.1) is 0 Å². The lowest BCUT2D eigenvalue weighted by Gasteiger charge is -2.15. The predicted molar refractivity (Wildman–Crippen MR) is 69.4 cm³/mol. The van der Waals surface area contributed by atoms with Gasteiger partial charge in [-0.3, -0.25) is 4.98 Å². The van der Waals surface area contributed by atoms with Gasteiger partial charge in [-0.1, -0.05) is 6.07 Å². The summed E-state index contributed by atoms with van der Waals surface area (Å²) < 4.78 is 51.8. The molecule has 0 aliphatic heterocycles. The summed E-state index contributed by atoms with van der Waals surface area (Å²) in [5.74, 6) is -1.33. The highest BCUT2D eigenvalue weighted by molar-refractivity contribution is 9.10. The molecule has 0 fully saturated rings. The van der Waals surface area contributed by atoms with Crippen LogP contribution in [-0.4, -0.2) is 4.98 Å². The van der Waals surface area contributed by atoms with Crippen LogP contribution in [-0.2, 0) is 6.18 Å². The molecule has 1 atom stereocenters. The second kappa shape index (κ2) is 5.49. The van der Waals surface area contributed by atoms with Gasteiger partial charge in [-0.05, 0) is 45.8 Å². The fraction of sp³-hybridized carbons (Fsp3) is 0.154. The van der Waals surface area contributed by atoms with Crippen LogP contribution in [0.2, 0.25) is 0 Å². The van der Waals surface area contributed by atoms with Crippen LogP contribution in [0.1, 0.15) is 22.9 Å². The Morgan fingerprint density at radius 2 is 1.90 bits per heavy atom. The number of benzene rings is 1. The molecule has 106 valence electrons. The topological polar surface area (TPSA) is 38.9 Å². The van der Waals surface area contributed by atoms with Crippen LogP contribution >= 0.6 is 15.9 Å². The minimum absolute atomic E-state index is 0.137. The second-order valence-corrected chi connectivity index (χ2v) is 4.94. The Morgan fingerprint density at radius 3 is 2.50 bits per heavy atom. The maximum Gasteiger partial charge on any atom is 0.419 e. The normalized spacial score (nSPS) is 13.3. The van der Waals surface area contributed by atoms with Crippen LogP contribution in [0.15, 0.2) is 41.0 Å². The van der Waals surface area contributed by atoms with E-state index < -0.39 is 23.6 Å². The standard InChI is InChI=1S/C13H9BrF4N2/c14-9-2-1-5-20-12(9)11(19)7-3-4-10(15)8(6-7)13(16,17)18/h1-6,11H,19H2. The third-order valence-electron chi connectivity index (χ3n) is 2.74. The summed E-state index contributed by atoms with van der Waals surface area (Å²) in [6.45, 7) is 0. The summed E-state index contributed by atoms with van der Waals surface area (Å²) in [7, 11) is 0. The van der Waals surface area contributed by atoms with E-state index in [9.17, 15) is 17.6 Å². The fourth-order valence-corrected chi connectivity index (χ4v) is 2.24. The van der Waals surface area contributed by atoms with Gasteiger partial charge in [0.2, 0.25) is 0 Å². The first-order chi connectivity index (χ1) is 9.30. The van der Waals surface area contributed by atoms with E-state index in [1.807, 2.05) is 0 Å². The highest BCUT2D eigenvalue weighted by atomic mass is 79.9. The Kier molecular flexibility index (Phi) is 4.10. The number of nitrogens with two attached hydrogens (primary N) is 1. The van der Waals surface area contributed by atoms with Crippen molar-refractivity contribution in [3.8, 4) is 0 Å². The van der Waals surface area contributed by atoms with Crippen molar-refractivity contribution in [3.05, 3.63) is 63.6 Å². The molecule has 1 aromatic carbocycles. The molecule has 7 heteroatoms. The largest absolute Gasteiger partial charge is 0.419 e. The number of pyridine rings is 1. The van der Waals surface area contributed by atoms with Crippen molar-refractivity contribution < 1.29 is 17.6 Å². The highest BCUT2D eigenvalue weighted by Crippen LogP contribution is 2.34. The van der Waals surface area contributed by atoms with Gasteiger partial charge in [0.05, 0.1) is 17.3 Å². The highest BCUT2D eigenvalue weighted by Gasteiger charge is 2.34. The molecule has 0 bridgehead atoms. The van der Waals surface area contributed by atoms with Crippen LogP contribution in [0.3, 0.4) is 0 Å². The first-order valence-corrected chi connectivity index (χ1v) is 6.32. The molecule has 20 heavy (non-hydrogen) atoms. The Morgan fingerprint density at radius 1 is 1.20 bits per heavy atom. The molecular formula is C13H9BrF4N2. The predicted octanol–water partition coefficient (Wildman–Crippen LogP) is 4.05. The smallest absolute Gasteiger partial charge is 0.319 e. The van der Waals surface area contributed by atoms with Gasteiger partial charge in [0, 0.05) is 10.7 Å². The number of halogens is 5. The van der Waals surface area contributed by atoms with Crippen LogP contribution < -0.4 is 5.73 Å². The van der Waals surface area contributed by atoms with Gasteiger partial charge in [-0.2, -0.15) is 13.2 Å². The number of hydrogen-bond acceptors (Lipinski definition) is 2. The number of nitrogens with zero attached hydrogens (tertiary/aromatic N) is 1. The first kappa shape index (κ1) is 14.9. The maximum atomic E-state index is 13.2. The third-order valence-corrected chi connectivity index (χ3v) is 3.41. The molecule has 0 spiro atoms. The molecule has 2 nitrogen and oxygen atoms in total. The molecule has 2 aromatic rings. The molecular weight excluding hydrogens is 340 g/mol. The monoisotopic (exact) mass is 348 g/mol. The molecule has 1 heterocycles. The van der Waals surface area contributed by atoms with Crippen molar-refractivity contribution in [3.63, 3.8) is 0 Å². The Labute approximate surface area is 120 Å². The average Bonchev–Trinajstić information content (AvgIpc) is 2.37. The minimum Gasteiger partial charge on any atom is -0.319 e. The van der Waals surface area contributed by atoms with Crippen molar-refractivity contribution in [2.75, 3.05) is 0 Å². The number of alkyl halides is 3. The summed E-state index contributed by atoms with van der Waals surface area (Å²) in [5.41, 5.74) is 5.08. The molecule has 0 saturated carbocycles. The van der Waals surface area contributed by atoms with Crippen LogP contribution in [0, 0.1) is 5.82 Å². The van der Waals surface area contributed by atoms with Crippen molar-refractivity contribution in [1.29, 1.82) is 0 Å². The van der Waals surface area contributed by atoms with Crippen molar-refractivity contribution >= 4 is 15.9 Å². The van der Waals surface area contributed by atoms with E-state index in [2.05, 4.69) is 20.9 Å². The van der Waals surface area contributed by atoms with E-state index >= 15 is 0 Å². The summed E-state index contributed by atoms with van der Waals surface area (Å²) >= 11 is 3.23. The summed E-state index contributed by atoms with van der Waals surface area (Å²) in [6.07, 6.45) is -3.28. The summed E-state index contributed by atoms with van der Waals surface area (Å²) in [6, 6.07) is 5.14. The molecule has 2 N–H and O–H groups in total. The molecule has 0 aliphatic carbocycles. The quantitative estimate of drug-likeness (QED) is 0.831. The zero-order valence-electron chi connectivity index (χ0n) is 9.96. The Balaban J connectivity index is 2.46. The number of rotatable bonds is 2. The van der Waals surface area contributed by atoms with E-state index in [4.69, 9.17) is 5.73 Å². The lowest BCUT2D eigenvalue weighted by atomic mass is 10.0. The van der Waals surface area contributed by atoms with Gasteiger partial charge in [0.15, 0.2) is 0 Å². The fourth-order valence-electron chi connectivity index (χ4n) is 1.74. The molecule has 0 aliphatic rings. The molecule has 0 saturated heterocycles. The van der Waals surface area contributed by atoms with Gasteiger partial charge in [0.1, 0.15) is 5.82 Å². The molecule has 1 aromatic heterocycles. The van der Waals surface area contributed by atoms with Crippen LogP contribution in [0.5, 0.6) is 0 Å². The Hall–Kier alpha value is -1.47. The van der Waals surface area contributed by atoms with Gasteiger partial charge >= 0.3 is 6.18 Å². The second-order valence-electron chi connectivity index (χ2n) is 4.09. The Bertz CT molecular complexity index is 628. The van der Waals surface area contributed by atoms with Crippen molar-refractivity contribution in [2.24, 2.45) is 5.73 Å². The maximum absolute atomic E-state index is 13.2. The molecule has 0 radical (unpaired) electrons. The van der Waals surface area contributed by atoms with Gasteiger partial charge < -0.3 is 5.73 Å². The number of aromatic nitrogens is 1. The zero-order chi connectivity index (χ0) is 14.9. The lowest BCUT2D eigenvalue weighted by molar-refractivity contribution is -0.140. The number of hydrogen-bond donors (Lipinski definition) is 1. The summed E-state index contributed by atoms with van der Waals surface area (Å²) in [4.78, 5) is 4.02. The van der Waals surface area contributed by atoms with Gasteiger partial charge in [0.25, 0.3) is 0 Å². The van der Waals surface area contributed by atoms with Crippen molar-refractivity contribution in [1.82, 2.24) is 4.98 Å². The molecule has 2 rings (SSSR count).